The molecular formula is C42H51N11O3. The lowest BCUT2D eigenvalue weighted by molar-refractivity contribution is 0.0913. The van der Waals surface area contributed by atoms with Crippen LogP contribution in [0.25, 0.3) is 44.4 Å². The van der Waals surface area contributed by atoms with Crippen molar-refractivity contribution in [1.82, 2.24) is 45.6 Å². The molecule has 292 valence electrons. The van der Waals surface area contributed by atoms with Crippen molar-refractivity contribution in [2.24, 2.45) is 0 Å². The third-order valence-corrected chi connectivity index (χ3v) is 11.7. The summed E-state index contributed by atoms with van der Waals surface area (Å²) < 4.78 is 11.3. The van der Waals surface area contributed by atoms with Gasteiger partial charge in [-0.15, -0.1) is 20.4 Å². The molecule has 0 spiro atoms. The van der Waals surface area contributed by atoms with Gasteiger partial charge in [-0.1, -0.05) is 0 Å². The summed E-state index contributed by atoms with van der Waals surface area (Å²) >= 11 is 0. The van der Waals surface area contributed by atoms with Crippen molar-refractivity contribution in [3.63, 3.8) is 0 Å². The van der Waals surface area contributed by atoms with Gasteiger partial charge in [0.2, 0.25) is 5.95 Å². The number of nitrogens with one attached hydrogen (secondary N) is 1. The number of hydrogen-bond acceptors (Lipinski definition) is 14. The molecule has 0 saturated carbocycles. The largest absolute Gasteiger partial charge is 0.507 e. The summed E-state index contributed by atoms with van der Waals surface area (Å²) in [6.45, 7) is 14.6. The third kappa shape index (κ3) is 7.67. The predicted molar refractivity (Wildman–Crippen MR) is 218 cm³/mol. The number of likely N-dealkylation sites (N-methyl/N-ethyl adjacent to an activating group) is 1. The first-order chi connectivity index (χ1) is 26.9. The van der Waals surface area contributed by atoms with E-state index in [4.69, 9.17) is 9.15 Å². The predicted octanol–water partition coefficient (Wildman–Crippen LogP) is 6.42. The first-order valence-corrected chi connectivity index (χ1v) is 19.4. The maximum absolute atomic E-state index is 10.6. The lowest BCUT2D eigenvalue weighted by atomic mass is 9.87. The van der Waals surface area contributed by atoms with Crippen LogP contribution in [-0.2, 0) is 0 Å². The summed E-state index contributed by atoms with van der Waals surface area (Å²) in [6.07, 6.45) is 9.46. The number of rotatable bonds is 12. The molecule has 0 amide bonds. The van der Waals surface area contributed by atoms with Crippen molar-refractivity contribution < 1.29 is 14.3 Å². The van der Waals surface area contributed by atoms with E-state index in [1.807, 2.05) is 24.4 Å². The Morgan fingerprint density at radius 1 is 0.893 bits per heavy atom. The molecule has 0 radical (unpaired) electrons. The number of benzene rings is 2. The highest BCUT2D eigenvalue weighted by Crippen LogP contribution is 2.35. The Hall–Kier alpha value is -5.47. The molecule has 2 fully saturated rings. The molecule has 2 saturated heterocycles. The van der Waals surface area contributed by atoms with Crippen LogP contribution in [0.2, 0.25) is 0 Å². The van der Waals surface area contributed by atoms with Crippen LogP contribution in [0.15, 0.2) is 65.5 Å². The Bertz CT molecular complexity index is 2330. The van der Waals surface area contributed by atoms with Crippen molar-refractivity contribution >= 4 is 33.6 Å². The van der Waals surface area contributed by atoms with E-state index < -0.39 is 0 Å². The number of aromatic hydroxyl groups is 1. The number of aromatic nitrogens is 7. The van der Waals surface area contributed by atoms with Gasteiger partial charge in [-0.05, 0) is 102 Å². The number of ether oxygens (including phenoxy) is 1. The third-order valence-electron chi connectivity index (χ3n) is 11.7. The molecule has 56 heavy (non-hydrogen) atoms. The highest BCUT2D eigenvalue weighted by molar-refractivity contribution is 5.89. The number of oxazole rings is 1. The van der Waals surface area contributed by atoms with E-state index in [2.05, 4.69) is 102 Å². The molecule has 6 heterocycles. The Kier molecular flexibility index (Phi) is 9.95. The Balaban J connectivity index is 0.831. The summed E-state index contributed by atoms with van der Waals surface area (Å²) in [6, 6.07) is 14.2. The number of methoxy groups -OCH3 is 1. The molecule has 1 unspecified atom stereocenters. The summed E-state index contributed by atoms with van der Waals surface area (Å²) in [4.78, 5) is 20.2. The second kappa shape index (κ2) is 14.9. The maximum Gasteiger partial charge on any atom is 0.245 e. The second-order valence-electron chi connectivity index (χ2n) is 16.5. The molecule has 2 aliphatic rings. The normalized spacial score (nSPS) is 17.9. The minimum atomic E-state index is -0.0370. The SMILES string of the molecule is COc1cc2cnccc2cc1-c1ccc(N2CCC(NC(C)(C)CCC(C)(C)N(C)[C@@H]3CCN(c4ncc(-c5cc6oc(C)nc6cc5O)nn4)C3)C2)nn1. The number of anilines is 2. The van der Waals surface area contributed by atoms with Crippen LogP contribution >= 0.6 is 0 Å². The van der Waals surface area contributed by atoms with Gasteiger partial charge in [0.1, 0.15) is 22.7 Å². The van der Waals surface area contributed by atoms with Crippen LogP contribution in [-0.4, -0.2) is 109 Å². The van der Waals surface area contributed by atoms with Crippen LogP contribution in [0.3, 0.4) is 0 Å². The van der Waals surface area contributed by atoms with Gasteiger partial charge in [0, 0.05) is 91.2 Å². The summed E-state index contributed by atoms with van der Waals surface area (Å²) in [7, 11) is 3.92. The van der Waals surface area contributed by atoms with Crippen LogP contribution in [0.4, 0.5) is 11.8 Å². The van der Waals surface area contributed by atoms with Crippen LogP contribution in [0, 0.1) is 6.92 Å². The molecule has 2 aromatic carbocycles. The standard InChI is InChI=1S/C42H51N11O3/c1-26-45-34-21-36(54)31(20-38(34)56-26)35-23-44-40(50-48-35)53-17-12-30(25-53)51(6)42(4,5)14-13-41(2,3)46-29-11-16-52(24-29)39-9-8-33(47-49-39)32-18-27-10-15-43-22-28(27)19-37(32)55-7/h8-10,15,18-23,29-30,46,54H,11-14,16-17,24-25H2,1-7H3/t29?,30-/m1/s1. The molecule has 6 aromatic rings. The number of aryl methyl sites for hydroxylation is 1. The van der Waals surface area contributed by atoms with E-state index in [-0.39, 0.29) is 16.8 Å². The van der Waals surface area contributed by atoms with Gasteiger partial charge in [0.05, 0.1) is 19.0 Å². The van der Waals surface area contributed by atoms with Crippen molar-refractivity contribution in [2.75, 3.05) is 50.1 Å². The van der Waals surface area contributed by atoms with E-state index in [1.165, 1.54) is 0 Å². The maximum atomic E-state index is 10.6. The average molecular weight is 758 g/mol. The molecule has 0 bridgehead atoms. The quantitative estimate of drug-likeness (QED) is 0.141. The van der Waals surface area contributed by atoms with E-state index in [9.17, 15) is 5.11 Å². The smallest absolute Gasteiger partial charge is 0.245 e. The highest BCUT2D eigenvalue weighted by atomic mass is 16.5. The summed E-state index contributed by atoms with van der Waals surface area (Å²) in [5, 5.41) is 34.8. The van der Waals surface area contributed by atoms with Gasteiger partial charge in [-0.2, -0.15) is 0 Å². The van der Waals surface area contributed by atoms with E-state index in [1.54, 1.807) is 38.6 Å². The number of pyridine rings is 1. The number of nitrogens with zero attached hydrogens (tertiary/aromatic N) is 10. The molecule has 0 aliphatic carbocycles. The van der Waals surface area contributed by atoms with E-state index >= 15 is 0 Å². The van der Waals surface area contributed by atoms with Crippen molar-refractivity contribution in [3.8, 4) is 34.0 Å². The number of phenols is 1. The summed E-state index contributed by atoms with van der Waals surface area (Å²) in [5.41, 5.74) is 3.84. The minimum absolute atomic E-state index is 0.0124. The molecule has 2 N–H and O–H groups in total. The zero-order chi connectivity index (χ0) is 39.2. The number of phenolic OH excluding ortho intramolecular Hbond substituents is 1. The fourth-order valence-corrected chi connectivity index (χ4v) is 8.18. The highest BCUT2D eigenvalue weighted by Gasteiger charge is 2.37. The molecule has 14 nitrogen and oxygen atoms in total. The molecule has 2 atom stereocenters. The number of hydrogen-bond donors (Lipinski definition) is 2. The monoisotopic (exact) mass is 757 g/mol. The average Bonchev–Trinajstić information content (AvgIpc) is 3.96. The molecule has 2 aliphatic heterocycles. The molecular weight excluding hydrogens is 707 g/mol. The van der Waals surface area contributed by atoms with E-state index in [0.29, 0.717) is 46.3 Å². The Morgan fingerprint density at radius 2 is 1.71 bits per heavy atom. The Labute approximate surface area is 327 Å². The first kappa shape index (κ1) is 37.5. The van der Waals surface area contributed by atoms with Crippen LogP contribution < -0.4 is 19.9 Å². The van der Waals surface area contributed by atoms with E-state index in [0.717, 1.165) is 85.5 Å². The number of fused-ring (bicyclic) bond motifs is 2. The molecule has 14 heteroatoms. The Morgan fingerprint density at radius 3 is 2.48 bits per heavy atom. The fraction of sp³-hybridized carbons (Fsp3) is 0.452. The van der Waals surface area contributed by atoms with Crippen molar-refractivity contribution in [2.45, 2.75) is 83.5 Å². The van der Waals surface area contributed by atoms with Gasteiger partial charge in [-0.25, -0.2) is 9.97 Å². The molecule has 4 aromatic heterocycles. The van der Waals surface area contributed by atoms with Crippen molar-refractivity contribution in [3.05, 3.63) is 66.9 Å². The van der Waals surface area contributed by atoms with Crippen molar-refractivity contribution in [1.29, 1.82) is 0 Å². The van der Waals surface area contributed by atoms with Gasteiger partial charge < -0.3 is 29.4 Å². The fourth-order valence-electron chi connectivity index (χ4n) is 8.18. The zero-order valence-electron chi connectivity index (χ0n) is 33.3. The van der Waals surface area contributed by atoms with Gasteiger partial charge in [0.25, 0.3) is 0 Å². The van der Waals surface area contributed by atoms with Gasteiger partial charge in [0.15, 0.2) is 17.3 Å². The van der Waals surface area contributed by atoms with Gasteiger partial charge in [-0.3, -0.25) is 9.88 Å². The first-order valence-electron chi connectivity index (χ1n) is 19.4. The molecule has 8 rings (SSSR count). The summed E-state index contributed by atoms with van der Waals surface area (Å²) in [5.74, 6) is 2.85. The second-order valence-corrected chi connectivity index (χ2v) is 16.5. The minimum Gasteiger partial charge on any atom is -0.507 e. The van der Waals surface area contributed by atoms with Crippen LogP contribution in [0.1, 0.15) is 59.3 Å². The lowest BCUT2D eigenvalue weighted by Gasteiger charge is -2.42. The topological polar surface area (TPSA) is 155 Å². The zero-order valence-corrected chi connectivity index (χ0v) is 33.3. The lowest BCUT2D eigenvalue weighted by Crippen LogP contribution is -2.52. The van der Waals surface area contributed by atoms with Gasteiger partial charge >= 0.3 is 0 Å². The van der Waals surface area contributed by atoms with Crippen LogP contribution in [0.5, 0.6) is 11.5 Å².